The van der Waals surface area contributed by atoms with Crippen LogP contribution in [0.2, 0.25) is 5.02 Å². The van der Waals surface area contributed by atoms with Gasteiger partial charge in [0.15, 0.2) is 5.78 Å². The topological polar surface area (TPSA) is 17.1 Å². The minimum absolute atomic E-state index is 0.0153. The van der Waals surface area contributed by atoms with Gasteiger partial charge in [-0.05, 0) is 74.3 Å². The first kappa shape index (κ1) is 21.1. The van der Waals surface area contributed by atoms with E-state index in [9.17, 15) is 4.79 Å². The molecule has 2 aliphatic rings. The summed E-state index contributed by atoms with van der Waals surface area (Å²) in [5.74, 6) is -0.0153. The first-order chi connectivity index (χ1) is 17.7. The Morgan fingerprint density at radius 1 is 0.583 bits per heavy atom. The SMILES string of the molecule is O=C(C=Cc1ccc(Cl)cc1)c1ccc2c(c1)C1(c3ccccc3-c3ccccc31)c1ccccc1-2. The Bertz CT molecular complexity index is 1640. The van der Waals surface area contributed by atoms with Crippen LogP contribution in [0, 0.1) is 0 Å². The van der Waals surface area contributed by atoms with E-state index in [2.05, 4.69) is 84.9 Å². The predicted octanol–water partition coefficient (Wildman–Crippen LogP) is 8.58. The Labute approximate surface area is 215 Å². The van der Waals surface area contributed by atoms with Crippen molar-refractivity contribution < 1.29 is 4.79 Å². The van der Waals surface area contributed by atoms with Crippen LogP contribution in [0.4, 0.5) is 0 Å². The van der Waals surface area contributed by atoms with E-state index in [-0.39, 0.29) is 5.78 Å². The van der Waals surface area contributed by atoms with Crippen LogP contribution in [-0.4, -0.2) is 5.78 Å². The Morgan fingerprint density at radius 2 is 1.08 bits per heavy atom. The maximum atomic E-state index is 13.3. The lowest BCUT2D eigenvalue weighted by molar-refractivity contribution is 0.104. The molecule has 0 aromatic heterocycles. The molecule has 5 aromatic carbocycles. The largest absolute Gasteiger partial charge is 0.289 e. The fourth-order valence-electron chi connectivity index (χ4n) is 6.09. The molecule has 0 radical (unpaired) electrons. The van der Waals surface area contributed by atoms with Gasteiger partial charge in [0.2, 0.25) is 0 Å². The van der Waals surface area contributed by atoms with Crippen molar-refractivity contribution >= 4 is 23.5 Å². The van der Waals surface area contributed by atoms with Gasteiger partial charge in [0.25, 0.3) is 0 Å². The van der Waals surface area contributed by atoms with Crippen molar-refractivity contribution in [3.63, 3.8) is 0 Å². The zero-order valence-electron chi connectivity index (χ0n) is 19.4. The maximum Gasteiger partial charge on any atom is 0.185 e. The molecule has 0 saturated carbocycles. The van der Waals surface area contributed by atoms with Crippen molar-refractivity contribution in [1.82, 2.24) is 0 Å². The summed E-state index contributed by atoms with van der Waals surface area (Å²) in [5.41, 5.74) is 11.1. The summed E-state index contributed by atoms with van der Waals surface area (Å²) in [6, 6.07) is 39.7. The van der Waals surface area contributed by atoms with E-state index in [0.717, 1.165) is 5.56 Å². The van der Waals surface area contributed by atoms with Gasteiger partial charge in [-0.15, -0.1) is 0 Å². The van der Waals surface area contributed by atoms with Crippen LogP contribution in [0.3, 0.4) is 0 Å². The number of carbonyl (C=O) groups excluding carboxylic acids is 1. The molecule has 0 atom stereocenters. The van der Waals surface area contributed by atoms with Crippen molar-refractivity contribution in [2.75, 3.05) is 0 Å². The first-order valence-corrected chi connectivity index (χ1v) is 12.5. The smallest absolute Gasteiger partial charge is 0.185 e. The van der Waals surface area contributed by atoms with E-state index in [0.29, 0.717) is 10.6 Å². The highest BCUT2D eigenvalue weighted by atomic mass is 35.5. The molecule has 2 aliphatic carbocycles. The molecule has 0 aliphatic heterocycles. The number of halogens is 1. The molecule has 5 aromatic rings. The average molecular weight is 481 g/mol. The highest BCUT2D eigenvalue weighted by molar-refractivity contribution is 6.30. The van der Waals surface area contributed by atoms with E-state index in [1.165, 1.54) is 44.5 Å². The van der Waals surface area contributed by atoms with Gasteiger partial charge in [-0.25, -0.2) is 0 Å². The van der Waals surface area contributed by atoms with Gasteiger partial charge in [-0.2, -0.15) is 0 Å². The van der Waals surface area contributed by atoms with Crippen molar-refractivity contribution in [2.24, 2.45) is 0 Å². The zero-order chi connectivity index (χ0) is 24.3. The molecular weight excluding hydrogens is 460 g/mol. The molecule has 1 nitrogen and oxygen atoms in total. The van der Waals surface area contributed by atoms with Crippen LogP contribution in [-0.2, 0) is 5.41 Å². The van der Waals surface area contributed by atoms with E-state index < -0.39 is 5.41 Å². The fourth-order valence-corrected chi connectivity index (χ4v) is 6.22. The van der Waals surface area contributed by atoms with Gasteiger partial charge >= 0.3 is 0 Å². The number of ketones is 1. The molecule has 1 spiro atoms. The molecule has 0 saturated heterocycles. The lowest BCUT2D eigenvalue weighted by Gasteiger charge is -2.30. The first-order valence-electron chi connectivity index (χ1n) is 12.1. The van der Waals surface area contributed by atoms with Gasteiger partial charge in [-0.1, -0.05) is 115 Å². The standard InChI is InChI=1S/C34H21ClO/c35-24-17-13-22(14-18-24)15-20-33(36)23-16-19-28-27-9-3-6-12-31(27)34(32(28)21-23)29-10-4-1-7-25(29)26-8-2-5-11-30(26)34/h1-21H. The summed E-state index contributed by atoms with van der Waals surface area (Å²) in [5, 5.41) is 0.680. The van der Waals surface area contributed by atoms with Crippen LogP contribution in [0.5, 0.6) is 0 Å². The zero-order valence-corrected chi connectivity index (χ0v) is 20.2. The maximum absolute atomic E-state index is 13.3. The second-order valence-corrected chi connectivity index (χ2v) is 9.83. The number of rotatable bonds is 3. The Hall–Kier alpha value is -4.20. The van der Waals surface area contributed by atoms with Crippen LogP contribution in [0.1, 0.15) is 38.2 Å². The summed E-state index contributed by atoms with van der Waals surface area (Å²) < 4.78 is 0. The van der Waals surface area contributed by atoms with E-state index in [1.807, 2.05) is 36.4 Å². The third-order valence-corrected chi connectivity index (χ3v) is 7.83. The minimum Gasteiger partial charge on any atom is -0.289 e. The minimum atomic E-state index is -0.435. The third-order valence-electron chi connectivity index (χ3n) is 7.58. The molecular formula is C34H21ClO. The van der Waals surface area contributed by atoms with E-state index in [1.54, 1.807) is 6.08 Å². The second kappa shape index (κ2) is 7.91. The number of hydrogen-bond acceptors (Lipinski definition) is 1. The highest BCUT2D eigenvalue weighted by Crippen LogP contribution is 2.62. The highest BCUT2D eigenvalue weighted by Gasteiger charge is 2.51. The van der Waals surface area contributed by atoms with Crippen molar-refractivity contribution in [2.45, 2.75) is 5.41 Å². The predicted molar refractivity (Wildman–Crippen MR) is 148 cm³/mol. The van der Waals surface area contributed by atoms with Gasteiger partial charge in [0, 0.05) is 10.6 Å². The lowest BCUT2D eigenvalue weighted by Crippen LogP contribution is -2.26. The van der Waals surface area contributed by atoms with Crippen LogP contribution in [0.25, 0.3) is 28.3 Å². The van der Waals surface area contributed by atoms with E-state index >= 15 is 0 Å². The molecule has 7 rings (SSSR count). The van der Waals surface area contributed by atoms with Crippen LogP contribution >= 0.6 is 11.6 Å². The van der Waals surface area contributed by atoms with Crippen LogP contribution in [0.15, 0.2) is 121 Å². The number of allylic oxidation sites excluding steroid dienone is 1. The quantitative estimate of drug-likeness (QED) is 0.183. The average Bonchev–Trinajstić information content (AvgIpc) is 3.40. The Balaban J connectivity index is 1.44. The number of carbonyl (C=O) groups is 1. The van der Waals surface area contributed by atoms with Gasteiger partial charge in [0.05, 0.1) is 5.41 Å². The molecule has 0 amide bonds. The molecule has 0 N–H and O–H groups in total. The summed E-state index contributed by atoms with van der Waals surface area (Å²) in [7, 11) is 0. The Kier molecular flexibility index (Phi) is 4.64. The second-order valence-electron chi connectivity index (χ2n) is 9.40. The lowest BCUT2D eigenvalue weighted by atomic mass is 9.70. The molecule has 170 valence electrons. The monoisotopic (exact) mass is 480 g/mol. The summed E-state index contributed by atoms with van der Waals surface area (Å²) in [6.45, 7) is 0. The number of hydrogen-bond donors (Lipinski definition) is 0. The number of fused-ring (bicyclic) bond motifs is 10. The number of benzene rings is 5. The molecule has 0 unspecified atom stereocenters. The Morgan fingerprint density at radius 3 is 1.64 bits per heavy atom. The fraction of sp³-hybridized carbons (Fsp3) is 0.0294. The van der Waals surface area contributed by atoms with E-state index in [4.69, 9.17) is 11.6 Å². The molecule has 36 heavy (non-hydrogen) atoms. The van der Waals surface area contributed by atoms with Gasteiger partial charge in [-0.3, -0.25) is 4.79 Å². The van der Waals surface area contributed by atoms with Gasteiger partial charge in [0.1, 0.15) is 0 Å². The van der Waals surface area contributed by atoms with Crippen LogP contribution < -0.4 is 0 Å². The molecule has 0 fully saturated rings. The van der Waals surface area contributed by atoms with Crippen molar-refractivity contribution in [1.29, 1.82) is 0 Å². The summed E-state index contributed by atoms with van der Waals surface area (Å²) >= 11 is 6.00. The summed E-state index contributed by atoms with van der Waals surface area (Å²) in [4.78, 5) is 13.3. The molecule has 2 heteroatoms. The summed E-state index contributed by atoms with van der Waals surface area (Å²) in [6.07, 6.45) is 3.49. The third kappa shape index (κ3) is 2.87. The normalized spacial score (nSPS) is 13.9. The molecule has 0 heterocycles. The van der Waals surface area contributed by atoms with Gasteiger partial charge < -0.3 is 0 Å². The van der Waals surface area contributed by atoms with Crippen molar-refractivity contribution in [3.8, 4) is 22.3 Å². The van der Waals surface area contributed by atoms with Crippen molar-refractivity contribution in [3.05, 3.63) is 160 Å². The molecule has 0 bridgehead atoms.